The van der Waals surface area contributed by atoms with Crippen molar-refractivity contribution in [3.8, 4) is 0 Å². The van der Waals surface area contributed by atoms with E-state index in [0.717, 1.165) is 44.9 Å². The van der Waals surface area contributed by atoms with Crippen LogP contribution in [0.2, 0.25) is 0 Å². The number of unbranched alkanes of at least 4 members (excludes halogenated alkanes) is 1. The summed E-state index contributed by atoms with van der Waals surface area (Å²) in [6, 6.07) is 0. The quantitative estimate of drug-likeness (QED) is 0.467. The van der Waals surface area contributed by atoms with Crippen molar-refractivity contribution in [2.75, 3.05) is 0 Å². The van der Waals surface area contributed by atoms with Crippen molar-refractivity contribution in [1.82, 2.24) is 0 Å². The van der Waals surface area contributed by atoms with Gasteiger partial charge in [0.25, 0.3) is 0 Å². The number of aliphatic hydroxyl groups is 3. The van der Waals surface area contributed by atoms with Crippen molar-refractivity contribution >= 4 is 5.97 Å². The van der Waals surface area contributed by atoms with Crippen LogP contribution in [0.15, 0.2) is 0 Å². The highest BCUT2D eigenvalue weighted by Crippen LogP contribution is 2.68. The molecule has 0 unspecified atom stereocenters. The highest BCUT2D eigenvalue weighted by molar-refractivity contribution is 5.66. The lowest BCUT2D eigenvalue weighted by molar-refractivity contribution is -0.223. The van der Waals surface area contributed by atoms with E-state index in [1.165, 1.54) is 12.8 Å². The van der Waals surface area contributed by atoms with Gasteiger partial charge in [-0.05, 0) is 97.7 Å². The van der Waals surface area contributed by atoms with Gasteiger partial charge in [0.05, 0.1) is 18.3 Å². The summed E-state index contributed by atoms with van der Waals surface area (Å²) >= 11 is 0. The second-order valence-electron chi connectivity index (χ2n) is 12.2. The zero-order valence-electron chi connectivity index (χ0n) is 19.7. The maximum absolute atomic E-state index is 11.3. The molecule has 4 N–H and O–H groups in total. The van der Waals surface area contributed by atoms with E-state index in [4.69, 9.17) is 5.11 Å². The van der Waals surface area contributed by atoms with Crippen molar-refractivity contribution in [2.45, 2.75) is 110 Å². The Bertz CT molecular complexity index is 666. The Morgan fingerprint density at radius 3 is 2.29 bits per heavy atom. The summed E-state index contributed by atoms with van der Waals surface area (Å²) in [4.78, 5) is 10.8. The predicted octanol–water partition coefficient (Wildman–Crippen LogP) is 4.23. The number of aliphatic carboxylic acids is 1. The van der Waals surface area contributed by atoms with Crippen molar-refractivity contribution in [2.24, 2.45) is 46.3 Å². The molecule has 0 aromatic heterocycles. The van der Waals surface area contributed by atoms with E-state index in [0.29, 0.717) is 30.1 Å². The van der Waals surface area contributed by atoms with Crippen LogP contribution in [0.3, 0.4) is 0 Å². The van der Waals surface area contributed by atoms with E-state index < -0.39 is 18.2 Å². The molecule has 0 aromatic rings. The van der Waals surface area contributed by atoms with E-state index in [-0.39, 0.29) is 35.2 Å². The average molecular weight is 437 g/mol. The minimum atomic E-state index is -0.726. The molecule has 0 amide bonds. The lowest BCUT2D eigenvalue weighted by Gasteiger charge is -2.63. The highest BCUT2D eigenvalue weighted by Gasteiger charge is 2.65. The monoisotopic (exact) mass is 436 g/mol. The van der Waals surface area contributed by atoms with Crippen LogP contribution >= 0.6 is 0 Å². The lowest BCUT2D eigenvalue weighted by Crippen LogP contribution is -2.64. The summed E-state index contributed by atoms with van der Waals surface area (Å²) in [5.74, 6) is 1.53. The minimum Gasteiger partial charge on any atom is -0.481 e. The van der Waals surface area contributed by atoms with Crippen LogP contribution in [0.4, 0.5) is 0 Å². The van der Waals surface area contributed by atoms with Crippen molar-refractivity contribution in [3.05, 3.63) is 0 Å². The topological polar surface area (TPSA) is 98.0 Å². The Balaban J connectivity index is 1.50. The Kier molecular flexibility index (Phi) is 6.53. The Labute approximate surface area is 187 Å². The zero-order chi connectivity index (χ0) is 22.6. The van der Waals surface area contributed by atoms with E-state index in [2.05, 4.69) is 20.8 Å². The summed E-state index contributed by atoms with van der Waals surface area (Å²) in [6.45, 7) is 7.12. The predicted molar refractivity (Wildman–Crippen MR) is 119 cm³/mol. The fourth-order valence-corrected chi connectivity index (χ4v) is 9.16. The first-order valence-electron chi connectivity index (χ1n) is 12.9. The summed E-state index contributed by atoms with van der Waals surface area (Å²) in [5.41, 5.74) is 0.218. The molecule has 178 valence electrons. The van der Waals surface area contributed by atoms with E-state index >= 15 is 0 Å². The number of hydrogen-bond acceptors (Lipinski definition) is 4. The number of hydrogen-bond donors (Lipinski definition) is 4. The van der Waals surface area contributed by atoms with Gasteiger partial charge in [0.1, 0.15) is 0 Å². The van der Waals surface area contributed by atoms with Gasteiger partial charge in [-0.15, -0.1) is 0 Å². The van der Waals surface area contributed by atoms with Gasteiger partial charge in [0.15, 0.2) is 0 Å². The molecule has 0 heterocycles. The molecule has 0 radical (unpaired) electrons. The number of carbonyl (C=O) groups is 1. The van der Waals surface area contributed by atoms with E-state index in [1.807, 2.05) is 0 Å². The second-order valence-corrected chi connectivity index (χ2v) is 12.2. The number of carboxylic acid groups (broad SMARTS) is 1. The van der Waals surface area contributed by atoms with Crippen molar-refractivity contribution < 1.29 is 25.2 Å². The molecule has 5 heteroatoms. The maximum Gasteiger partial charge on any atom is 0.303 e. The minimum absolute atomic E-state index is 0.00205. The molecule has 4 fully saturated rings. The Morgan fingerprint density at radius 1 is 0.903 bits per heavy atom. The van der Waals surface area contributed by atoms with Gasteiger partial charge in [-0.3, -0.25) is 4.79 Å². The third-order valence-electron chi connectivity index (χ3n) is 10.8. The van der Waals surface area contributed by atoms with Crippen LogP contribution in [-0.2, 0) is 4.79 Å². The molecule has 4 aliphatic carbocycles. The SMILES string of the molecule is C[C@H](CCCCC(=O)O)[C@H]1CC[C@H]2[C@@H]3[C@H](O)[C@@H](O)[C@@H]4C[C@H](O)CC[C@]4(C)[C@H]3CC[C@]12C. The van der Waals surface area contributed by atoms with Crippen molar-refractivity contribution in [1.29, 1.82) is 0 Å². The fraction of sp³-hybridized carbons (Fsp3) is 0.962. The molecule has 31 heavy (non-hydrogen) atoms. The third-order valence-corrected chi connectivity index (χ3v) is 10.8. The van der Waals surface area contributed by atoms with Gasteiger partial charge in [0, 0.05) is 6.42 Å². The van der Waals surface area contributed by atoms with Gasteiger partial charge in [0.2, 0.25) is 0 Å². The van der Waals surface area contributed by atoms with Crippen LogP contribution < -0.4 is 0 Å². The third kappa shape index (κ3) is 3.87. The van der Waals surface area contributed by atoms with E-state index in [9.17, 15) is 20.1 Å². The molecule has 4 saturated carbocycles. The highest BCUT2D eigenvalue weighted by atomic mass is 16.4. The molecule has 0 aromatic carbocycles. The molecule has 5 nitrogen and oxygen atoms in total. The summed E-state index contributed by atoms with van der Waals surface area (Å²) in [5, 5.41) is 41.6. The molecule has 0 aliphatic heterocycles. The van der Waals surface area contributed by atoms with Gasteiger partial charge < -0.3 is 20.4 Å². The van der Waals surface area contributed by atoms with Gasteiger partial charge >= 0.3 is 5.97 Å². The number of rotatable bonds is 6. The normalized spacial score (nSPS) is 50.3. The van der Waals surface area contributed by atoms with Gasteiger partial charge in [-0.25, -0.2) is 0 Å². The summed E-state index contributed by atoms with van der Waals surface area (Å²) < 4.78 is 0. The van der Waals surface area contributed by atoms with Gasteiger partial charge in [-0.2, -0.15) is 0 Å². The molecule has 11 atom stereocenters. The number of carboxylic acids is 1. The van der Waals surface area contributed by atoms with E-state index in [1.54, 1.807) is 0 Å². The Morgan fingerprint density at radius 2 is 1.58 bits per heavy atom. The molecular formula is C26H44O5. The van der Waals surface area contributed by atoms with Crippen LogP contribution in [-0.4, -0.2) is 44.7 Å². The summed E-state index contributed by atoms with van der Waals surface area (Å²) in [7, 11) is 0. The lowest BCUT2D eigenvalue weighted by atomic mass is 9.43. The first kappa shape index (κ1) is 23.5. The Hall–Kier alpha value is -0.650. The molecular weight excluding hydrogens is 392 g/mol. The second kappa shape index (κ2) is 8.61. The molecule has 0 bridgehead atoms. The molecule has 4 aliphatic rings. The molecule has 0 saturated heterocycles. The smallest absolute Gasteiger partial charge is 0.303 e. The van der Waals surface area contributed by atoms with Crippen LogP contribution in [0.25, 0.3) is 0 Å². The number of fused-ring (bicyclic) bond motifs is 5. The van der Waals surface area contributed by atoms with Crippen molar-refractivity contribution in [3.63, 3.8) is 0 Å². The fourth-order valence-electron chi connectivity index (χ4n) is 9.16. The van der Waals surface area contributed by atoms with Crippen LogP contribution in [0.1, 0.15) is 91.4 Å². The first-order chi connectivity index (χ1) is 14.6. The molecule has 0 spiro atoms. The zero-order valence-corrected chi connectivity index (χ0v) is 19.7. The number of aliphatic hydroxyl groups excluding tert-OH is 3. The largest absolute Gasteiger partial charge is 0.481 e. The standard InChI is InChI=1S/C26H44O5/c1-15(6-4-5-7-21(28)29)17-8-9-18-22-19(11-13-25(17,18)2)26(3)12-10-16(27)14-20(26)23(30)24(22)31/h15-20,22-24,27,30-31H,4-14H2,1-3H3,(H,28,29)/t15-,16-,17-,18+,19+,20+,22+,23+,24+,25-,26-/m1/s1. The van der Waals surface area contributed by atoms with Crippen LogP contribution in [0, 0.1) is 46.3 Å². The maximum atomic E-state index is 11.3. The van der Waals surface area contributed by atoms with Crippen LogP contribution in [0.5, 0.6) is 0 Å². The average Bonchev–Trinajstić information content (AvgIpc) is 3.07. The summed E-state index contributed by atoms with van der Waals surface area (Å²) in [6.07, 6.45) is 8.35. The molecule has 4 rings (SSSR count). The first-order valence-corrected chi connectivity index (χ1v) is 12.9. The van der Waals surface area contributed by atoms with Gasteiger partial charge in [-0.1, -0.05) is 33.6 Å².